The molecular formula is C7H6Cl2N2. The maximum absolute atomic E-state index is 5.69. The molecule has 11 heavy (non-hydrogen) atoms. The maximum Gasteiger partial charge on any atom is 0.155 e. The van der Waals surface area contributed by atoms with Gasteiger partial charge in [0.1, 0.15) is 0 Å². The van der Waals surface area contributed by atoms with Crippen LogP contribution in [0, 0.1) is 0 Å². The van der Waals surface area contributed by atoms with Crippen molar-refractivity contribution < 1.29 is 0 Å². The van der Waals surface area contributed by atoms with E-state index in [4.69, 9.17) is 23.2 Å². The van der Waals surface area contributed by atoms with E-state index in [0.29, 0.717) is 16.7 Å². The van der Waals surface area contributed by atoms with Gasteiger partial charge in [-0.15, -0.1) is 16.8 Å². The molecule has 4 heteroatoms. The van der Waals surface area contributed by atoms with Gasteiger partial charge in [-0.1, -0.05) is 29.3 Å². The number of hydrogen-bond acceptors (Lipinski definition) is 2. The number of rotatable bonds is 2. The zero-order valence-electron chi connectivity index (χ0n) is 5.72. The van der Waals surface area contributed by atoms with E-state index in [-0.39, 0.29) is 0 Å². The predicted octanol–water partition coefficient (Wildman–Crippen LogP) is 2.51. The highest BCUT2D eigenvalue weighted by atomic mass is 35.5. The number of halogens is 2. The molecule has 0 saturated carbocycles. The summed E-state index contributed by atoms with van der Waals surface area (Å²) in [4.78, 5) is 0. The second kappa shape index (κ2) is 3.69. The van der Waals surface area contributed by atoms with E-state index in [0.717, 1.165) is 5.56 Å². The number of nitrogens with zero attached hydrogens (tertiary/aromatic N) is 2. The van der Waals surface area contributed by atoms with E-state index in [1.165, 1.54) is 0 Å². The fourth-order valence-electron chi connectivity index (χ4n) is 0.687. The van der Waals surface area contributed by atoms with Crippen molar-refractivity contribution in [2.75, 3.05) is 0 Å². The SMILES string of the molecule is C=CCc1cc(Cl)nnc1Cl. The zero-order valence-corrected chi connectivity index (χ0v) is 7.23. The Labute approximate surface area is 74.9 Å². The molecule has 1 heterocycles. The lowest BCUT2D eigenvalue weighted by molar-refractivity contribution is 1.00. The molecule has 0 saturated heterocycles. The zero-order chi connectivity index (χ0) is 8.27. The minimum Gasteiger partial charge on any atom is -0.137 e. The molecule has 0 aliphatic carbocycles. The van der Waals surface area contributed by atoms with Crippen LogP contribution < -0.4 is 0 Å². The van der Waals surface area contributed by atoms with Crippen LogP contribution in [-0.2, 0) is 6.42 Å². The Balaban J connectivity index is 3.01. The Morgan fingerprint density at radius 1 is 1.45 bits per heavy atom. The topological polar surface area (TPSA) is 25.8 Å². The first-order chi connectivity index (χ1) is 5.24. The van der Waals surface area contributed by atoms with Crippen molar-refractivity contribution in [1.29, 1.82) is 0 Å². The molecule has 0 bridgehead atoms. The number of aromatic nitrogens is 2. The smallest absolute Gasteiger partial charge is 0.137 e. The van der Waals surface area contributed by atoms with Gasteiger partial charge in [0.25, 0.3) is 0 Å². The van der Waals surface area contributed by atoms with Crippen molar-refractivity contribution in [1.82, 2.24) is 10.2 Å². The van der Waals surface area contributed by atoms with Crippen LogP contribution in [0.2, 0.25) is 10.3 Å². The summed E-state index contributed by atoms with van der Waals surface area (Å²) in [5.41, 5.74) is 0.849. The van der Waals surface area contributed by atoms with Crippen LogP contribution in [0.5, 0.6) is 0 Å². The largest absolute Gasteiger partial charge is 0.155 e. The lowest BCUT2D eigenvalue weighted by Gasteiger charge is -1.97. The summed E-state index contributed by atoms with van der Waals surface area (Å²) in [5.74, 6) is 0. The molecule has 1 rings (SSSR count). The fourth-order valence-corrected chi connectivity index (χ4v) is 1.03. The summed E-state index contributed by atoms with van der Waals surface area (Å²) in [5, 5.41) is 7.94. The van der Waals surface area contributed by atoms with Crippen molar-refractivity contribution in [2.24, 2.45) is 0 Å². The van der Waals surface area contributed by atoms with Crippen molar-refractivity contribution in [3.05, 3.63) is 34.6 Å². The quantitative estimate of drug-likeness (QED) is 0.668. The molecule has 0 unspecified atom stereocenters. The monoisotopic (exact) mass is 188 g/mol. The molecule has 0 N–H and O–H groups in total. The van der Waals surface area contributed by atoms with Crippen LogP contribution in [0.25, 0.3) is 0 Å². The highest BCUT2D eigenvalue weighted by Crippen LogP contribution is 2.15. The molecule has 0 radical (unpaired) electrons. The van der Waals surface area contributed by atoms with Crippen LogP contribution in [-0.4, -0.2) is 10.2 Å². The third kappa shape index (κ3) is 2.17. The Kier molecular flexibility index (Phi) is 2.85. The van der Waals surface area contributed by atoms with E-state index in [1.54, 1.807) is 12.1 Å². The van der Waals surface area contributed by atoms with Gasteiger partial charge < -0.3 is 0 Å². The van der Waals surface area contributed by atoms with E-state index in [1.807, 2.05) is 0 Å². The van der Waals surface area contributed by atoms with Gasteiger partial charge in [0.2, 0.25) is 0 Å². The van der Waals surface area contributed by atoms with Gasteiger partial charge in [0.15, 0.2) is 10.3 Å². The predicted molar refractivity (Wildman–Crippen MR) is 46.0 cm³/mol. The summed E-state index contributed by atoms with van der Waals surface area (Å²) < 4.78 is 0. The molecule has 1 aromatic rings. The van der Waals surface area contributed by atoms with Gasteiger partial charge >= 0.3 is 0 Å². The van der Waals surface area contributed by atoms with Gasteiger partial charge in [-0.25, -0.2) is 0 Å². The Bertz CT molecular complexity index is 273. The summed E-state index contributed by atoms with van der Waals surface area (Å²) in [7, 11) is 0. The second-order valence-electron chi connectivity index (χ2n) is 1.98. The summed E-state index contributed by atoms with van der Waals surface area (Å²) in [6.45, 7) is 3.58. The minimum atomic E-state index is 0.353. The van der Waals surface area contributed by atoms with Gasteiger partial charge in [0.05, 0.1) is 0 Å². The average molecular weight is 189 g/mol. The summed E-state index contributed by atoms with van der Waals surface area (Å²) in [6, 6.07) is 1.68. The van der Waals surface area contributed by atoms with Crippen LogP contribution in [0.15, 0.2) is 18.7 Å². The first kappa shape index (κ1) is 8.50. The molecule has 58 valence electrons. The van der Waals surface area contributed by atoms with E-state index < -0.39 is 0 Å². The van der Waals surface area contributed by atoms with Crippen LogP contribution in [0.1, 0.15) is 5.56 Å². The molecule has 0 aliphatic heterocycles. The van der Waals surface area contributed by atoms with Gasteiger partial charge in [0, 0.05) is 0 Å². The molecule has 0 fully saturated rings. The molecule has 0 amide bonds. The minimum absolute atomic E-state index is 0.353. The lowest BCUT2D eigenvalue weighted by atomic mass is 10.2. The van der Waals surface area contributed by atoms with Crippen LogP contribution >= 0.6 is 23.2 Å². The van der Waals surface area contributed by atoms with Crippen LogP contribution in [0.4, 0.5) is 0 Å². The van der Waals surface area contributed by atoms with E-state index >= 15 is 0 Å². The van der Waals surface area contributed by atoms with Crippen molar-refractivity contribution in [3.8, 4) is 0 Å². The Hall–Kier alpha value is -0.600. The first-order valence-electron chi connectivity index (χ1n) is 3.02. The van der Waals surface area contributed by atoms with Crippen LogP contribution in [0.3, 0.4) is 0 Å². The van der Waals surface area contributed by atoms with Gasteiger partial charge in [-0.3, -0.25) is 0 Å². The van der Waals surface area contributed by atoms with Crippen molar-refractivity contribution in [2.45, 2.75) is 6.42 Å². The summed E-state index contributed by atoms with van der Waals surface area (Å²) >= 11 is 11.3. The number of allylic oxidation sites excluding steroid dienone is 1. The van der Waals surface area contributed by atoms with Gasteiger partial charge in [-0.2, -0.15) is 0 Å². The Morgan fingerprint density at radius 2 is 2.18 bits per heavy atom. The first-order valence-corrected chi connectivity index (χ1v) is 3.78. The number of hydrogen-bond donors (Lipinski definition) is 0. The third-order valence-corrected chi connectivity index (χ3v) is 1.66. The summed E-state index contributed by atoms with van der Waals surface area (Å²) in [6.07, 6.45) is 2.40. The fraction of sp³-hybridized carbons (Fsp3) is 0.143. The molecule has 0 aliphatic rings. The molecule has 0 atom stereocenters. The molecular weight excluding hydrogens is 183 g/mol. The molecule has 1 aromatic heterocycles. The normalized spacial score (nSPS) is 9.64. The maximum atomic E-state index is 5.69. The second-order valence-corrected chi connectivity index (χ2v) is 2.72. The van der Waals surface area contributed by atoms with Crippen molar-refractivity contribution >= 4 is 23.2 Å². The standard InChI is InChI=1S/C7H6Cl2N2/c1-2-3-5-4-6(8)10-11-7(5)9/h2,4H,1,3H2. The Morgan fingerprint density at radius 3 is 2.82 bits per heavy atom. The van der Waals surface area contributed by atoms with Gasteiger partial charge in [-0.05, 0) is 18.1 Å². The molecule has 0 aromatic carbocycles. The molecule has 0 spiro atoms. The average Bonchev–Trinajstić information content (AvgIpc) is 1.98. The van der Waals surface area contributed by atoms with E-state index in [9.17, 15) is 0 Å². The van der Waals surface area contributed by atoms with Crippen molar-refractivity contribution in [3.63, 3.8) is 0 Å². The lowest BCUT2D eigenvalue weighted by Crippen LogP contribution is -1.90. The third-order valence-electron chi connectivity index (χ3n) is 1.16. The van der Waals surface area contributed by atoms with E-state index in [2.05, 4.69) is 16.8 Å². The molecule has 2 nitrogen and oxygen atoms in total. The highest BCUT2D eigenvalue weighted by molar-refractivity contribution is 6.31. The highest BCUT2D eigenvalue weighted by Gasteiger charge is 2.00.